The minimum Gasteiger partial charge on any atom is -0.357 e. The lowest BCUT2D eigenvalue weighted by atomic mass is 9.70. The predicted octanol–water partition coefficient (Wildman–Crippen LogP) is 9.13. The number of benzene rings is 4. The van der Waals surface area contributed by atoms with Crippen molar-refractivity contribution in [2.24, 2.45) is 0 Å². The summed E-state index contributed by atoms with van der Waals surface area (Å²) in [5.74, 6) is 0. The number of hydrogen-bond donors (Lipinski definition) is 2. The highest BCUT2D eigenvalue weighted by atomic mass is 32.2. The summed E-state index contributed by atoms with van der Waals surface area (Å²) >= 11 is 1.88. The molecule has 0 saturated heterocycles. The smallest absolute Gasteiger partial charge is 0.0607 e. The van der Waals surface area contributed by atoms with Crippen LogP contribution in [0.5, 0.6) is 0 Å². The molecule has 0 spiro atoms. The Kier molecular flexibility index (Phi) is 4.61. The van der Waals surface area contributed by atoms with Crippen LogP contribution >= 0.6 is 11.8 Å². The molecule has 174 valence electrons. The van der Waals surface area contributed by atoms with Crippen LogP contribution in [0.2, 0.25) is 0 Å². The van der Waals surface area contributed by atoms with Crippen LogP contribution in [0.4, 0.5) is 0 Å². The third-order valence-corrected chi connectivity index (χ3v) is 9.00. The molecule has 36 heavy (non-hydrogen) atoms. The summed E-state index contributed by atoms with van der Waals surface area (Å²) in [4.78, 5) is 10.1. The Morgan fingerprint density at radius 3 is 2.42 bits per heavy atom. The van der Waals surface area contributed by atoms with Crippen molar-refractivity contribution in [1.29, 1.82) is 0 Å². The molecule has 1 aliphatic heterocycles. The van der Waals surface area contributed by atoms with Crippen molar-refractivity contribution in [1.82, 2.24) is 9.97 Å². The number of aromatic amines is 2. The second-order valence-corrected chi connectivity index (χ2v) is 10.8. The van der Waals surface area contributed by atoms with Gasteiger partial charge in [0.2, 0.25) is 0 Å². The number of hydrogen-bond acceptors (Lipinski definition) is 1. The highest BCUT2D eigenvalue weighted by molar-refractivity contribution is 7.99. The number of allylic oxidation sites excluding steroid dienone is 2. The zero-order valence-electron chi connectivity index (χ0n) is 20.4. The Balaban J connectivity index is 1.60. The second-order valence-electron chi connectivity index (χ2n) is 9.75. The molecular weight excluding hydrogens is 456 g/mol. The molecule has 0 radical (unpaired) electrons. The van der Waals surface area contributed by atoms with Crippen molar-refractivity contribution in [2.75, 3.05) is 0 Å². The molecule has 1 atom stereocenters. The Hall–Kier alpha value is -3.95. The fraction of sp³-hybridized carbons (Fsp3) is 0.0909. The number of para-hydroxylation sites is 1. The van der Waals surface area contributed by atoms with Crippen molar-refractivity contribution in [3.63, 3.8) is 0 Å². The van der Waals surface area contributed by atoms with Crippen LogP contribution in [-0.4, -0.2) is 9.97 Å². The van der Waals surface area contributed by atoms with Crippen LogP contribution in [-0.2, 0) is 5.41 Å². The van der Waals surface area contributed by atoms with Gasteiger partial charge in [-0.05, 0) is 37.1 Å². The number of fused-ring (bicyclic) bond motifs is 8. The van der Waals surface area contributed by atoms with Crippen LogP contribution in [0.1, 0.15) is 34.9 Å². The fourth-order valence-corrected chi connectivity index (χ4v) is 7.47. The van der Waals surface area contributed by atoms with Crippen LogP contribution in [0.3, 0.4) is 0 Å². The standard InChI is InChI=1S/C33H26N2S/c1-4-5-13-22-20(2)34-31-24(22)16-18-26-32(31)36-28-19-17-25-23-14-9-10-15-27(23)35-30(25)29(28)33(26,3)21-11-7-6-8-12-21/h4-19,34-35H,1H2,2-3H3/b13-5-. The summed E-state index contributed by atoms with van der Waals surface area (Å²) < 4.78 is 0. The first kappa shape index (κ1) is 21.3. The monoisotopic (exact) mass is 482 g/mol. The van der Waals surface area contributed by atoms with Gasteiger partial charge in [-0.2, -0.15) is 0 Å². The maximum Gasteiger partial charge on any atom is 0.0607 e. The van der Waals surface area contributed by atoms with Crippen molar-refractivity contribution in [2.45, 2.75) is 29.1 Å². The van der Waals surface area contributed by atoms with Gasteiger partial charge in [-0.15, -0.1) is 0 Å². The molecule has 7 rings (SSSR count). The molecule has 2 N–H and O–H groups in total. The van der Waals surface area contributed by atoms with E-state index in [1.54, 1.807) is 0 Å². The molecule has 2 nitrogen and oxygen atoms in total. The van der Waals surface area contributed by atoms with E-state index in [0.29, 0.717) is 0 Å². The van der Waals surface area contributed by atoms with Gasteiger partial charge in [0.1, 0.15) is 0 Å². The highest BCUT2D eigenvalue weighted by Gasteiger charge is 2.41. The number of aryl methyl sites for hydroxylation is 1. The lowest BCUT2D eigenvalue weighted by molar-refractivity contribution is 0.663. The average molecular weight is 483 g/mol. The Bertz CT molecular complexity index is 1850. The molecule has 3 heteroatoms. The molecule has 0 fully saturated rings. The zero-order valence-corrected chi connectivity index (χ0v) is 21.2. The molecule has 3 heterocycles. The van der Waals surface area contributed by atoms with Crippen molar-refractivity contribution in [3.8, 4) is 0 Å². The van der Waals surface area contributed by atoms with Crippen LogP contribution in [0.25, 0.3) is 38.8 Å². The van der Waals surface area contributed by atoms with E-state index in [1.807, 2.05) is 23.9 Å². The van der Waals surface area contributed by atoms with E-state index < -0.39 is 0 Å². The zero-order chi connectivity index (χ0) is 24.4. The number of rotatable bonds is 3. The van der Waals surface area contributed by atoms with E-state index in [-0.39, 0.29) is 5.41 Å². The summed E-state index contributed by atoms with van der Waals surface area (Å²) in [6.07, 6.45) is 6.00. The summed E-state index contributed by atoms with van der Waals surface area (Å²) in [5, 5.41) is 3.81. The molecule has 1 unspecified atom stereocenters. The lowest BCUT2D eigenvalue weighted by Crippen LogP contribution is -2.29. The van der Waals surface area contributed by atoms with Gasteiger partial charge in [-0.25, -0.2) is 0 Å². The van der Waals surface area contributed by atoms with E-state index in [9.17, 15) is 0 Å². The summed E-state index contributed by atoms with van der Waals surface area (Å²) in [5.41, 5.74) is 9.71. The van der Waals surface area contributed by atoms with E-state index in [1.165, 1.54) is 70.4 Å². The van der Waals surface area contributed by atoms with Crippen molar-refractivity contribution < 1.29 is 0 Å². The second kappa shape index (κ2) is 7.78. The summed E-state index contributed by atoms with van der Waals surface area (Å²) in [6.45, 7) is 8.40. The van der Waals surface area contributed by atoms with Gasteiger partial charge in [0.05, 0.1) is 11.0 Å². The molecule has 2 aromatic heterocycles. The van der Waals surface area contributed by atoms with Crippen molar-refractivity contribution in [3.05, 3.63) is 126 Å². The molecule has 1 aliphatic rings. The summed E-state index contributed by atoms with van der Waals surface area (Å²) in [6, 6.07) is 28.8. The van der Waals surface area contributed by atoms with Gasteiger partial charge in [-0.1, -0.05) is 103 Å². The van der Waals surface area contributed by atoms with Gasteiger partial charge in [0, 0.05) is 53.7 Å². The third kappa shape index (κ3) is 2.81. The average Bonchev–Trinajstić information content (AvgIpc) is 3.44. The molecule has 4 aromatic carbocycles. The molecular formula is C33H26N2S. The minimum absolute atomic E-state index is 0.318. The molecule has 0 bridgehead atoms. The van der Waals surface area contributed by atoms with Gasteiger partial charge in [-0.3, -0.25) is 0 Å². The SMILES string of the molecule is C=C/C=C\c1c(C)[nH]c2c3c(ccc12)C(C)(c1ccccc1)c1c(ccc2c1[nH]c1ccccc12)S3. The lowest BCUT2D eigenvalue weighted by Gasteiger charge is -2.39. The maximum absolute atomic E-state index is 3.85. The largest absolute Gasteiger partial charge is 0.357 e. The highest BCUT2D eigenvalue weighted by Crippen LogP contribution is 2.56. The Morgan fingerprint density at radius 1 is 0.806 bits per heavy atom. The third-order valence-electron chi connectivity index (χ3n) is 7.81. The summed E-state index contributed by atoms with van der Waals surface area (Å²) in [7, 11) is 0. The first-order valence-corrected chi connectivity index (χ1v) is 13.1. The minimum atomic E-state index is -0.318. The first-order valence-electron chi connectivity index (χ1n) is 12.3. The van der Waals surface area contributed by atoms with Crippen LogP contribution in [0.15, 0.2) is 107 Å². The molecule has 6 aromatic rings. The quantitative estimate of drug-likeness (QED) is 0.242. The van der Waals surface area contributed by atoms with E-state index in [0.717, 1.165) is 0 Å². The Morgan fingerprint density at radius 2 is 1.58 bits per heavy atom. The maximum atomic E-state index is 3.85. The van der Waals surface area contributed by atoms with E-state index in [2.05, 4.69) is 115 Å². The first-order chi connectivity index (χ1) is 17.6. The van der Waals surface area contributed by atoms with Gasteiger partial charge < -0.3 is 9.97 Å². The fourth-order valence-electron chi connectivity index (χ4n) is 6.06. The van der Waals surface area contributed by atoms with E-state index in [4.69, 9.17) is 0 Å². The molecule has 0 amide bonds. The molecule has 0 aliphatic carbocycles. The number of nitrogens with one attached hydrogen (secondary N) is 2. The number of H-pyrrole nitrogens is 2. The predicted molar refractivity (Wildman–Crippen MR) is 154 cm³/mol. The topological polar surface area (TPSA) is 31.6 Å². The normalized spacial score (nSPS) is 17.2. The van der Waals surface area contributed by atoms with Crippen LogP contribution < -0.4 is 0 Å². The van der Waals surface area contributed by atoms with Gasteiger partial charge in [0.25, 0.3) is 0 Å². The van der Waals surface area contributed by atoms with Gasteiger partial charge >= 0.3 is 0 Å². The molecule has 0 saturated carbocycles. The van der Waals surface area contributed by atoms with Crippen molar-refractivity contribution >= 4 is 50.5 Å². The van der Waals surface area contributed by atoms with Gasteiger partial charge in [0.15, 0.2) is 0 Å². The number of aromatic nitrogens is 2. The van der Waals surface area contributed by atoms with Crippen LogP contribution in [0, 0.1) is 6.92 Å². The Labute approximate surface area is 214 Å². The van der Waals surface area contributed by atoms with E-state index >= 15 is 0 Å².